The highest BCUT2D eigenvalue weighted by Crippen LogP contribution is 2.26. The molecule has 0 spiro atoms. The van der Waals surface area contributed by atoms with Crippen LogP contribution in [0.4, 0.5) is 14.5 Å². The Bertz CT molecular complexity index is 866. The first-order chi connectivity index (χ1) is 11.9. The molecule has 1 saturated heterocycles. The molecule has 0 unspecified atom stereocenters. The molecule has 0 N–H and O–H groups in total. The first kappa shape index (κ1) is 17.6. The summed E-state index contributed by atoms with van der Waals surface area (Å²) in [6, 6.07) is 9.87. The Morgan fingerprint density at radius 1 is 0.960 bits per heavy atom. The van der Waals surface area contributed by atoms with Gasteiger partial charge in [-0.2, -0.15) is 4.31 Å². The first-order valence-electron chi connectivity index (χ1n) is 7.76. The predicted octanol–water partition coefficient (Wildman–Crippen LogP) is 2.48. The fourth-order valence-electron chi connectivity index (χ4n) is 2.83. The third-order valence-corrected chi connectivity index (χ3v) is 6.09. The summed E-state index contributed by atoms with van der Waals surface area (Å²) >= 11 is 0. The highest BCUT2D eigenvalue weighted by molar-refractivity contribution is 7.89. The second-order valence-electron chi connectivity index (χ2n) is 5.64. The second kappa shape index (κ2) is 6.97. The van der Waals surface area contributed by atoms with E-state index in [-0.39, 0.29) is 29.6 Å². The molecular weight excluding hydrogens is 350 g/mol. The molecule has 3 rings (SSSR count). The normalized spacial score (nSPS) is 16.0. The molecule has 1 aliphatic rings. The van der Waals surface area contributed by atoms with E-state index in [9.17, 15) is 17.2 Å². The highest BCUT2D eigenvalue weighted by Gasteiger charge is 2.29. The number of sulfonamides is 1. The van der Waals surface area contributed by atoms with Crippen molar-refractivity contribution < 1.29 is 21.9 Å². The van der Waals surface area contributed by atoms with Crippen LogP contribution in [-0.4, -0.2) is 46.0 Å². The van der Waals surface area contributed by atoms with Crippen molar-refractivity contribution >= 4 is 15.7 Å². The van der Waals surface area contributed by atoms with Crippen molar-refractivity contribution in [2.75, 3.05) is 38.2 Å². The molecule has 1 heterocycles. The quantitative estimate of drug-likeness (QED) is 0.832. The maximum Gasteiger partial charge on any atom is 0.243 e. The van der Waals surface area contributed by atoms with Crippen molar-refractivity contribution in [3.63, 3.8) is 0 Å². The van der Waals surface area contributed by atoms with Gasteiger partial charge in [0.15, 0.2) is 11.6 Å². The average molecular weight is 368 g/mol. The molecule has 0 aromatic heterocycles. The van der Waals surface area contributed by atoms with Gasteiger partial charge >= 0.3 is 0 Å². The molecule has 2 aromatic rings. The molecule has 0 radical (unpaired) electrons. The number of methoxy groups -OCH3 is 1. The molecule has 5 nitrogen and oxygen atoms in total. The van der Waals surface area contributed by atoms with E-state index in [0.717, 1.165) is 6.07 Å². The van der Waals surface area contributed by atoms with Crippen LogP contribution in [0.5, 0.6) is 5.75 Å². The monoisotopic (exact) mass is 368 g/mol. The Kier molecular flexibility index (Phi) is 4.91. The van der Waals surface area contributed by atoms with E-state index >= 15 is 0 Å². The topological polar surface area (TPSA) is 49.9 Å². The molecule has 134 valence electrons. The number of hydrogen-bond donors (Lipinski definition) is 0. The van der Waals surface area contributed by atoms with Crippen molar-refractivity contribution in [3.05, 3.63) is 54.1 Å². The maximum absolute atomic E-state index is 13.9. The molecular formula is C17H18F2N2O3S. The van der Waals surface area contributed by atoms with Crippen LogP contribution < -0.4 is 9.64 Å². The van der Waals surface area contributed by atoms with Crippen LogP contribution in [0.25, 0.3) is 0 Å². The van der Waals surface area contributed by atoms with Gasteiger partial charge < -0.3 is 9.64 Å². The van der Waals surface area contributed by atoms with Gasteiger partial charge in [0.2, 0.25) is 10.0 Å². The Morgan fingerprint density at radius 2 is 1.64 bits per heavy atom. The lowest BCUT2D eigenvalue weighted by Gasteiger charge is -2.35. The highest BCUT2D eigenvalue weighted by atomic mass is 32.2. The molecule has 1 fully saturated rings. The van der Waals surface area contributed by atoms with Gasteiger partial charge in [-0.05, 0) is 24.3 Å². The molecule has 2 aromatic carbocycles. The van der Waals surface area contributed by atoms with Crippen molar-refractivity contribution in [2.45, 2.75) is 4.90 Å². The van der Waals surface area contributed by atoms with E-state index in [0.29, 0.717) is 18.8 Å². The Labute approximate surface area is 145 Å². The van der Waals surface area contributed by atoms with Crippen LogP contribution in [0.2, 0.25) is 0 Å². The summed E-state index contributed by atoms with van der Waals surface area (Å²) in [7, 11) is -2.48. The SMILES string of the molecule is COc1cc(S(=O)(=O)N2CCN(c3ccccc3F)CC2)ccc1F. The van der Waals surface area contributed by atoms with Gasteiger partial charge in [-0.15, -0.1) is 0 Å². The lowest BCUT2D eigenvalue weighted by molar-refractivity contribution is 0.377. The van der Waals surface area contributed by atoms with Gasteiger partial charge in [-0.3, -0.25) is 0 Å². The maximum atomic E-state index is 13.9. The average Bonchev–Trinajstić information content (AvgIpc) is 2.62. The minimum absolute atomic E-state index is 0.0231. The van der Waals surface area contributed by atoms with E-state index in [2.05, 4.69) is 0 Å². The lowest BCUT2D eigenvalue weighted by Crippen LogP contribution is -2.48. The summed E-state index contributed by atoms with van der Waals surface area (Å²) in [4.78, 5) is 1.79. The molecule has 8 heteroatoms. The zero-order valence-electron chi connectivity index (χ0n) is 13.7. The van der Waals surface area contributed by atoms with Gasteiger partial charge in [-0.25, -0.2) is 17.2 Å². The fourth-order valence-corrected chi connectivity index (χ4v) is 4.27. The van der Waals surface area contributed by atoms with Crippen LogP contribution in [-0.2, 0) is 10.0 Å². The van der Waals surface area contributed by atoms with Crippen molar-refractivity contribution in [1.29, 1.82) is 0 Å². The predicted molar refractivity (Wildman–Crippen MR) is 90.3 cm³/mol. The van der Waals surface area contributed by atoms with E-state index in [1.165, 1.54) is 29.6 Å². The van der Waals surface area contributed by atoms with Gasteiger partial charge in [0.05, 0.1) is 17.7 Å². The number of ether oxygens (including phenoxy) is 1. The Hall–Kier alpha value is -2.19. The summed E-state index contributed by atoms with van der Waals surface area (Å²) in [6.45, 7) is 1.18. The lowest BCUT2D eigenvalue weighted by atomic mass is 10.2. The number of nitrogens with zero attached hydrogens (tertiary/aromatic N) is 2. The molecule has 0 bridgehead atoms. The minimum Gasteiger partial charge on any atom is -0.494 e. The number of anilines is 1. The minimum atomic E-state index is -3.76. The third kappa shape index (κ3) is 3.45. The molecule has 1 aliphatic heterocycles. The number of benzene rings is 2. The number of halogens is 2. The molecule has 0 saturated carbocycles. The second-order valence-corrected chi connectivity index (χ2v) is 7.58. The zero-order chi connectivity index (χ0) is 18.0. The molecule has 0 amide bonds. The van der Waals surface area contributed by atoms with Gasteiger partial charge in [-0.1, -0.05) is 12.1 Å². The number of hydrogen-bond acceptors (Lipinski definition) is 4. The summed E-state index contributed by atoms with van der Waals surface area (Å²) in [5, 5.41) is 0. The van der Waals surface area contributed by atoms with Crippen molar-refractivity contribution in [2.24, 2.45) is 0 Å². The molecule has 0 atom stereocenters. The fraction of sp³-hybridized carbons (Fsp3) is 0.294. The summed E-state index contributed by atoms with van der Waals surface area (Å²) in [5.74, 6) is -1.07. The first-order valence-corrected chi connectivity index (χ1v) is 9.20. The smallest absolute Gasteiger partial charge is 0.243 e. The van der Waals surface area contributed by atoms with E-state index in [1.54, 1.807) is 18.2 Å². The largest absolute Gasteiger partial charge is 0.494 e. The van der Waals surface area contributed by atoms with Gasteiger partial charge in [0.25, 0.3) is 0 Å². The summed E-state index contributed by atoms with van der Waals surface area (Å²) in [6.07, 6.45) is 0. The summed E-state index contributed by atoms with van der Waals surface area (Å²) < 4.78 is 59.0. The summed E-state index contributed by atoms with van der Waals surface area (Å²) in [5.41, 5.74) is 0.461. The number of para-hydroxylation sites is 1. The van der Waals surface area contributed by atoms with Crippen LogP contribution in [0, 0.1) is 11.6 Å². The Morgan fingerprint density at radius 3 is 2.28 bits per heavy atom. The Balaban J connectivity index is 1.77. The van der Waals surface area contributed by atoms with Crippen molar-refractivity contribution in [1.82, 2.24) is 4.31 Å². The van der Waals surface area contributed by atoms with E-state index in [1.807, 2.05) is 4.90 Å². The molecule has 0 aliphatic carbocycles. The van der Waals surface area contributed by atoms with Crippen LogP contribution in [0.15, 0.2) is 47.4 Å². The third-order valence-electron chi connectivity index (χ3n) is 4.19. The van der Waals surface area contributed by atoms with Gasteiger partial charge in [0, 0.05) is 32.2 Å². The van der Waals surface area contributed by atoms with Crippen LogP contribution in [0.3, 0.4) is 0 Å². The van der Waals surface area contributed by atoms with Crippen molar-refractivity contribution in [3.8, 4) is 5.75 Å². The number of rotatable bonds is 4. The standard InChI is InChI=1S/C17H18F2N2O3S/c1-24-17-12-13(6-7-15(17)19)25(22,23)21-10-8-20(9-11-21)16-5-3-2-4-14(16)18/h2-7,12H,8-11H2,1H3. The zero-order valence-corrected chi connectivity index (χ0v) is 14.5. The van der Waals surface area contributed by atoms with E-state index < -0.39 is 15.8 Å². The number of piperazine rings is 1. The van der Waals surface area contributed by atoms with Crippen LogP contribution >= 0.6 is 0 Å². The van der Waals surface area contributed by atoms with Gasteiger partial charge in [0.1, 0.15) is 5.82 Å². The molecule has 25 heavy (non-hydrogen) atoms. The van der Waals surface area contributed by atoms with E-state index in [4.69, 9.17) is 4.74 Å². The van der Waals surface area contributed by atoms with Crippen LogP contribution in [0.1, 0.15) is 0 Å².